The van der Waals surface area contributed by atoms with Gasteiger partial charge in [-0.1, -0.05) is 12.2 Å². The van der Waals surface area contributed by atoms with Gasteiger partial charge in [-0.25, -0.2) is 4.98 Å². The van der Waals surface area contributed by atoms with Gasteiger partial charge in [0.2, 0.25) is 5.88 Å². The summed E-state index contributed by atoms with van der Waals surface area (Å²) in [4.78, 5) is 6.51. The van der Waals surface area contributed by atoms with Crippen LogP contribution in [0.15, 0.2) is 36.7 Å². The molecule has 1 saturated heterocycles. The lowest BCUT2D eigenvalue weighted by Gasteiger charge is -2.32. The van der Waals surface area contributed by atoms with E-state index in [4.69, 9.17) is 14.0 Å². The van der Waals surface area contributed by atoms with Crippen LogP contribution >= 0.6 is 0 Å². The first-order valence-corrected chi connectivity index (χ1v) is 7.83. The zero-order valence-electron chi connectivity index (χ0n) is 14.4. The van der Waals surface area contributed by atoms with Gasteiger partial charge in [0.15, 0.2) is 0 Å². The van der Waals surface area contributed by atoms with Crippen molar-refractivity contribution >= 4 is 18.3 Å². The van der Waals surface area contributed by atoms with E-state index in [-0.39, 0.29) is 11.2 Å². The predicted molar refractivity (Wildman–Crippen MR) is 92.1 cm³/mol. The maximum Gasteiger partial charge on any atom is 0.496 e. The van der Waals surface area contributed by atoms with Crippen molar-refractivity contribution in [1.82, 2.24) is 4.98 Å². The molecule has 0 radical (unpaired) electrons. The molecule has 0 amide bonds. The van der Waals surface area contributed by atoms with E-state index in [1.165, 1.54) is 0 Å². The van der Waals surface area contributed by atoms with Crippen LogP contribution in [0.4, 0.5) is 5.69 Å². The highest BCUT2D eigenvalue weighted by molar-refractivity contribution is 6.62. The molecule has 0 saturated carbocycles. The average molecular weight is 314 g/mol. The van der Waals surface area contributed by atoms with Gasteiger partial charge >= 0.3 is 7.12 Å². The van der Waals surface area contributed by atoms with E-state index in [0.29, 0.717) is 5.88 Å². The summed E-state index contributed by atoms with van der Waals surface area (Å²) in [6.45, 7) is 8.96. The number of pyridine rings is 1. The summed E-state index contributed by atoms with van der Waals surface area (Å²) >= 11 is 0. The van der Waals surface area contributed by atoms with E-state index < -0.39 is 7.12 Å². The number of hydrogen-bond donors (Lipinski definition) is 0. The number of methoxy groups -OCH3 is 1. The van der Waals surface area contributed by atoms with Crippen molar-refractivity contribution in [3.63, 3.8) is 0 Å². The van der Waals surface area contributed by atoms with Crippen LogP contribution < -0.4 is 15.1 Å². The van der Waals surface area contributed by atoms with Crippen molar-refractivity contribution in [2.45, 2.75) is 38.9 Å². The van der Waals surface area contributed by atoms with Gasteiger partial charge in [-0.3, -0.25) is 0 Å². The van der Waals surface area contributed by atoms with Gasteiger partial charge in [0.05, 0.1) is 18.3 Å². The Bertz CT molecular complexity index is 639. The van der Waals surface area contributed by atoms with Gasteiger partial charge in [0, 0.05) is 24.4 Å². The Balaban J connectivity index is 1.93. The fourth-order valence-corrected chi connectivity index (χ4v) is 2.57. The number of nitrogens with zero attached hydrogens (tertiary/aromatic N) is 2. The van der Waals surface area contributed by atoms with Crippen molar-refractivity contribution in [2.24, 2.45) is 0 Å². The van der Waals surface area contributed by atoms with Crippen LogP contribution in [-0.2, 0) is 9.31 Å². The molecule has 0 bridgehead atoms. The molecule has 2 aliphatic heterocycles. The van der Waals surface area contributed by atoms with Crippen molar-refractivity contribution in [2.75, 3.05) is 18.6 Å². The molecular formula is C17H23BN2O3. The van der Waals surface area contributed by atoms with Gasteiger partial charge in [0.25, 0.3) is 0 Å². The summed E-state index contributed by atoms with van der Waals surface area (Å²) < 4.78 is 17.6. The molecule has 0 N–H and O–H groups in total. The highest BCUT2D eigenvalue weighted by Gasteiger charge is 2.52. The highest BCUT2D eigenvalue weighted by atomic mass is 16.7. The van der Waals surface area contributed by atoms with Gasteiger partial charge < -0.3 is 18.9 Å². The number of aromatic nitrogens is 1. The first-order valence-electron chi connectivity index (χ1n) is 7.83. The molecule has 122 valence electrons. The Labute approximate surface area is 138 Å². The van der Waals surface area contributed by atoms with E-state index in [2.05, 4.69) is 16.0 Å². The molecule has 0 unspecified atom stereocenters. The van der Waals surface area contributed by atoms with Gasteiger partial charge in [-0.2, -0.15) is 0 Å². The van der Waals surface area contributed by atoms with Crippen molar-refractivity contribution < 1.29 is 14.0 Å². The summed E-state index contributed by atoms with van der Waals surface area (Å²) in [5.74, 6) is 0.588. The van der Waals surface area contributed by atoms with E-state index in [1.807, 2.05) is 52.1 Å². The number of ether oxygens (including phenoxy) is 1. The van der Waals surface area contributed by atoms with Crippen molar-refractivity contribution in [3.05, 3.63) is 36.7 Å². The number of rotatable bonds is 3. The van der Waals surface area contributed by atoms with Crippen LogP contribution in [0.2, 0.25) is 0 Å². The third kappa shape index (κ3) is 2.89. The lowest BCUT2D eigenvalue weighted by molar-refractivity contribution is 0.00578. The summed E-state index contributed by atoms with van der Waals surface area (Å²) in [7, 11) is 1.20. The van der Waals surface area contributed by atoms with E-state index >= 15 is 0 Å². The molecular weight excluding hydrogens is 291 g/mol. The molecule has 3 rings (SSSR count). The Morgan fingerprint density at radius 1 is 1.17 bits per heavy atom. The lowest BCUT2D eigenvalue weighted by Crippen LogP contribution is -2.41. The molecule has 23 heavy (non-hydrogen) atoms. The number of anilines is 1. The monoisotopic (exact) mass is 314 g/mol. The average Bonchev–Trinajstić information content (AvgIpc) is 2.75. The third-order valence-corrected chi connectivity index (χ3v) is 4.70. The standard InChI is InChI=1S/C17H23BN2O3/c1-16(2)17(3,4)23-18(22-16)13-11-14(15(21-5)19-12-13)20-9-7-6-8-10-20/h6-9,11-12H,10H2,1-5H3. The summed E-state index contributed by atoms with van der Waals surface area (Å²) in [6.07, 6.45) is 9.86. The molecule has 2 aliphatic rings. The Kier molecular flexibility index (Phi) is 3.98. The Morgan fingerprint density at radius 3 is 2.43 bits per heavy atom. The zero-order chi connectivity index (χ0) is 16.7. The SMILES string of the molecule is COc1ncc(B2OC(C)(C)C(C)(C)O2)cc1N1C=CC=CC1. The third-order valence-electron chi connectivity index (χ3n) is 4.70. The number of hydrogen-bond acceptors (Lipinski definition) is 5. The lowest BCUT2D eigenvalue weighted by atomic mass is 9.80. The van der Waals surface area contributed by atoms with Gasteiger partial charge in [-0.05, 0) is 39.8 Å². The van der Waals surface area contributed by atoms with Crippen LogP contribution in [0.3, 0.4) is 0 Å². The van der Waals surface area contributed by atoms with Crippen LogP contribution in [-0.4, -0.2) is 37.0 Å². The second-order valence-electron chi connectivity index (χ2n) is 6.81. The summed E-state index contributed by atoms with van der Waals surface area (Å²) in [6, 6.07) is 2.03. The quantitative estimate of drug-likeness (QED) is 0.801. The van der Waals surface area contributed by atoms with E-state index in [9.17, 15) is 0 Å². The molecule has 0 aromatic carbocycles. The van der Waals surface area contributed by atoms with Crippen molar-refractivity contribution in [3.8, 4) is 5.88 Å². The first kappa shape index (κ1) is 16.1. The van der Waals surface area contributed by atoms with Crippen molar-refractivity contribution in [1.29, 1.82) is 0 Å². The fraction of sp³-hybridized carbons (Fsp3) is 0.471. The second-order valence-corrected chi connectivity index (χ2v) is 6.81. The van der Waals surface area contributed by atoms with Gasteiger partial charge in [0.1, 0.15) is 5.69 Å². The second kappa shape index (κ2) is 5.69. The summed E-state index contributed by atoms with van der Waals surface area (Å²) in [5.41, 5.74) is 1.06. The minimum atomic E-state index is -0.429. The largest absolute Gasteiger partial charge is 0.496 e. The maximum atomic E-state index is 6.11. The summed E-state index contributed by atoms with van der Waals surface area (Å²) in [5, 5.41) is 0. The molecule has 0 atom stereocenters. The molecule has 0 aliphatic carbocycles. The molecule has 1 aromatic rings. The molecule has 1 fully saturated rings. The Morgan fingerprint density at radius 2 is 1.87 bits per heavy atom. The topological polar surface area (TPSA) is 43.8 Å². The normalized spacial score (nSPS) is 21.8. The van der Waals surface area contributed by atoms with Crippen LogP contribution in [0.1, 0.15) is 27.7 Å². The zero-order valence-corrected chi connectivity index (χ0v) is 14.4. The molecule has 5 nitrogen and oxygen atoms in total. The Hall–Kier alpha value is -1.79. The van der Waals surface area contributed by atoms with Gasteiger partial charge in [-0.15, -0.1) is 0 Å². The first-order chi connectivity index (χ1) is 10.8. The molecule has 1 aromatic heterocycles. The van der Waals surface area contributed by atoms with Crippen LogP contribution in [0.25, 0.3) is 0 Å². The van der Waals surface area contributed by atoms with Crippen LogP contribution in [0, 0.1) is 0 Å². The maximum absolute atomic E-state index is 6.11. The molecule has 6 heteroatoms. The minimum absolute atomic E-state index is 0.370. The van der Waals surface area contributed by atoms with Crippen LogP contribution in [0.5, 0.6) is 5.88 Å². The molecule has 0 spiro atoms. The molecule has 3 heterocycles. The van der Waals surface area contributed by atoms with E-state index in [0.717, 1.165) is 17.7 Å². The smallest absolute Gasteiger partial charge is 0.480 e. The number of allylic oxidation sites excluding steroid dienone is 2. The fourth-order valence-electron chi connectivity index (χ4n) is 2.57. The highest BCUT2D eigenvalue weighted by Crippen LogP contribution is 2.37. The minimum Gasteiger partial charge on any atom is -0.480 e. The predicted octanol–water partition coefficient (Wildman–Crippen LogP) is 2.28. The van der Waals surface area contributed by atoms with E-state index in [1.54, 1.807) is 13.3 Å².